The van der Waals surface area contributed by atoms with Crippen molar-refractivity contribution >= 4 is 15.9 Å². The van der Waals surface area contributed by atoms with Crippen molar-refractivity contribution in [2.24, 2.45) is 0 Å². The number of sulfone groups is 1. The lowest BCUT2D eigenvalue weighted by atomic mass is 10.2. The van der Waals surface area contributed by atoms with Gasteiger partial charge in [0.2, 0.25) is 9.84 Å². The molecule has 3 heteroatoms. The molecule has 0 bridgehead atoms. The minimum Gasteiger partial charge on any atom is -0.219 e. The molecule has 2 aromatic carbocycles. The van der Waals surface area contributed by atoms with Crippen LogP contribution in [0.1, 0.15) is 19.4 Å². The van der Waals surface area contributed by atoms with Crippen LogP contribution in [0.4, 0.5) is 0 Å². The van der Waals surface area contributed by atoms with Crippen molar-refractivity contribution in [1.29, 1.82) is 0 Å². The summed E-state index contributed by atoms with van der Waals surface area (Å²) in [7, 11) is -3.51. The van der Waals surface area contributed by atoms with Gasteiger partial charge in [-0.15, -0.1) is 0 Å². The highest BCUT2D eigenvalue weighted by Crippen LogP contribution is 2.23. The second kappa shape index (κ2) is 6.55. The van der Waals surface area contributed by atoms with E-state index in [1.807, 2.05) is 44.2 Å². The average molecular weight is 298 g/mol. The van der Waals surface area contributed by atoms with Gasteiger partial charge in [0.15, 0.2) is 0 Å². The number of hydrogen-bond acceptors (Lipinski definition) is 2. The van der Waals surface area contributed by atoms with Crippen molar-refractivity contribution in [3.05, 3.63) is 82.8 Å². The minimum atomic E-state index is -3.51. The zero-order valence-electron chi connectivity index (χ0n) is 12.2. The molecule has 2 rings (SSSR count). The summed E-state index contributed by atoms with van der Waals surface area (Å²) in [5.74, 6) is 0. The van der Waals surface area contributed by atoms with E-state index >= 15 is 0 Å². The van der Waals surface area contributed by atoms with Crippen molar-refractivity contribution in [3.63, 3.8) is 0 Å². The smallest absolute Gasteiger partial charge is 0.206 e. The summed E-state index contributed by atoms with van der Waals surface area (Å²) in [5, 5.41) is 0. The maximum atomic E-state index is 12.8. The Balaban J connectivity index is 2.57. The van der Waals surface area contributed by atoms with Crippen molar-refractivity contribution in [1.82, 2.24) is 0 Å². The quantitative estimate of drug-likeness (QED) is 0.781. The van der Waals surface area contributed by atoms with E-state index in [0.717, 1.165) is 11.1 Å². The summed E-state index contributed by atoms with van der Waals surface area (Å²) in [6, 6.07) is 18.0. The molecule has 0 saturated carbocycles. The summed E-state index contributed by atoms with van der Waals surface area (Å²) in [4.78, 5) is 0.615. The van der Waals surface area contributed by atoms with Gasteiger partial charge in [-0.1, -0.05) is 54.1 Å². The Morgan fingerprint density at radius 3 is 1.90 bits per heavy atom. The predicted molar refractivity (Wildman–Crippen MR) is 87.5 cm³/mol. The van der Waals surface area contributed by atoms with Crippen LogP contribution in [0.25, 0.3) is 6.08 Å². The fraction of sp³-hybridized carbons (Fsp3) is 0.111. The van der Waals surface area contributed by atoms with Crippen LogP contribution >= 0.6 is 0 Å². The van der Waals surface area contributed by atoms with E-state index in [1.165, 1.54) is 0 Å². The van der Waals surface area contributed by atoms with Gasteiger partial charge in [0.1, 0.15) is 0 Å². The maximum Gasteiger partial charge on any atom is 0.206 e. The standard InChI is InChI=1S/C18H18O2S/c1-15(2)13-18(14-16-9-5-3-6-10-16)21(19,20)17-11-7-4-8-12-17/h3-14H,1-2H3/b18-14+. The normalized spacial score (nSPS) is 12.0. The van der Waals surface area contributed by atoms with Gasteiger partial charge in [0.25, 0.3) is 0 Å². The summed E-state index contributed by atoms with van der Waals surface area (Å²) in [5.41, 5.74) is 1.81. The molecular weight excluding hydrogens is 280 g/mol. The van der Waals surface area contributed by atoms with Crippen molar-refractivity contribution < 1.29 is 8.42 Å². The third kappa shape index (κ3) is 3.92. The van der Waals surface area contributed by atoms with E-state index in [-0.39, 0.29) is 0 Å². The van der Waals surface area contributed by atoms with Gasteiger partial charge < -0.3 is 0 Å². The zero-order valence-corrected chi connectivity index (χ0v) is 13.0. The zero-order chi connectivity index (χ0) is 15.3. The number of allylic oxidation sites excluding steroid dienone is 2. The molecule has 0 heterocycles. The molecule has 0 aromatic heterocycles. The first-order valence-electron chi connectivity index (χ1n) is 6.72. The highest BCUT2D eigenvalue weighted by molar-refractivity contribution is 7.95. The molecule has 0 aliphatic carbocycles. The lowest BCUT2D eigenvalue weighted by Gasteiger charge is -2.07. The SMILES string of the molecule is CC(C)=C/C(=C\c1ccccc1)S(=O)(=O)c1ccccc1. The summed E-state index contributed by atoms with van der Waals surface area (Å²) in [6.45, 7) is 3.78. The van der Waals surface area contributed by atoms with Gasteiger partial charge in [-0.3, -0.25) is 0 Å². The molecule has 21 heavy (non-hydrogen) atoms. The van der Waals surface area contributed by atoms with Gasteiger partial charge in [0, 0.05) is 0 Å². The van der Waals surface area contributed by atoms with E-state index in [2.05, 4.69) is 0 Å². The van der Waals surface area contributed by atoms with Crippen LogP contribution < -0.4 is 0 Å². The first-order valence-corrected chi connectivity index (χ1v) is 8.20. The molecule has 0 aliphatic heterocycles. The third-order valence-corrected chi connectivity index (χ3v) is 4.65. The molecule has 2 nitrogen and oxygen atoms in total. The minimum absolute atomic E-state index is 0.305. The van der Waals surface area contributed by atoms with Gasteiger partial charge in [-0.05, 0) is 43.7 Å². The third-order valence-electron chi connectivity index (χ3n) is 2.90. The monoisotopic (exact) mass is 298 g/mol. The van der Waals surface area contributed by atoms with Gasteiger partial charge >= 0.3 is 0 Å². The van der Waals surface area contributed by atoms with E-state index in [0.29, 0.717) is 9.80 Å². The molecule has 0 saturated heterocycles. The van der Waals surface area contributed by atoms with Crippen LogP contribution in [0.5, 0.6) is 0 Å². The highest BCUT2D eigenvalue weighted by atomic mass is 32.2. The molecule has 2 aromatic rings. The van der Waals surface area contributed by atoms with E-state index in [1.54, 1.807) is 42.5 Å². The van der Waals surface area contributed by atoms with Crippen LogP contribution in [0.15, 0.2) is 82.1 Å². The Hall–Kier alpha value is -2.13. The second-order valence-electron chi connectivity index (χ2n) is 5.00. The van der Waals surface area contributed by atoms with Crippen LogP contribution in [0, 0.1) is 0 Å². The molecule has 0 spiro atoms. The summed E-state index contributed by atoms with van der Waals surface area (Å²) < 4.78 is 25.5. The van der Waals surface area contributed by atoms with Crippen LogP contribution in [-0.2, 0) is 9.84 Å². The van der Waals surface area contributed by atoms with E-state index < -0.39 is 9.84 Å². The molecule has 0 atom stereocenters. The van der Waals surface area contributed by atoms with Gasteiger partial charge in [0.05, 0.1) is 9.80 Å². The lowest BCUT2D eigenvalue weighted by Crippen LogP contribution is -2.03. The maximum absolute atomic E-state index is 12.8. The topological polar surface area (TPSA) is 34.1 Å². The summed E-state index contributed by atoms with van der Waals surface area (Å²) in [6.07, 6.45) is 3.41. The molecular formula is C18H18O2S. The molecule has 0 radical (unpaired) electrons. The first kappa shape index (κ1) is 15.3. The molecule has 108 valence electrons. The molecule has 0 fully saturated rings. The largest absolute Gasteiger partial charge is 0.219 e. The van der Waals surface area contributed by atoms with Gasteiger partial charge in [-0.25, -0.2) is 8.42 Å². The molecule has 0 unspecified atom stereocenters. The lowest BCUT2D eigenvalue weighted by molar-refractivity contribution is 0.603. The molecule has 0 aliphatic rings. The van der Waals surface area contributed by atoms with Crippen molar-refractivity contribution in [2.75, 3.05) is 0 Å². The van der Waals surface area contributed by atoms with Crippen LogP contribution in [-0.4, -0.2) is 8.42 Å². The Kier molecular flexibility index (Phi) is 4.76. The Bertz CT molecular complexity index is 751. The predicted octanol–water partition coefficient (Wildman–Crippen LogP) is 4.47. The second-order valence-corrected chi connectivity index (χ2v) is 6.95. The number of benzene rings is 2. The number of hydrogen-bond donors (Lipinski definition) is 0. The average Bonchev–Trinajstić information content (AvgIpc) is 2.48. The van der Waals surface area contributed by atoms with Crippen molar-refractivity contribution in [3.8, 4) is 0 Å². The van der Waals surface area contributed by atoms with Crippen LogP contribution in [0.3, 0.4) is 0 Å². The fourth-order valence-electron chi connectivity index (χ4n) is 1.93. The highest BCUT2D eigenvalue weighted by Gasteiger charge is 2.18. The summed E-state index contributed by atoms with van der Waals surface area (Å²) >= 11 is 0. The van der Waals surface area contributed by atoms with Gasteiger partial charge in [-0.2, -0.15) is 0 Å². The molecule has 0 N–H and O–H groups in total. The van der Waals surface area contributed by atoms with Crippen LogP contribution in [0.2, 0.25) is 0 Å². The number of rotatable bonds is 4. The van der Waals surface area contributed by atoms with E-state index in [4.69, 9.17) is 0 Å². The fourth-order valence-corrected chi connectivity index (χ4v) is 3.40. The Morgan fingerprint density at radius 1 is 0.857 bits per heavy atom. The Morgan fingerprint density at radius 2 is 1.38 bits per heavy atom. The molecule has 0 amide bonds. The first-order chi connectivity index (χ1) is 10.00. The van der Waals surface area contributed by atoms with E-state index in [9.17, 15) is 8.42 Å². The Labute approximate surface area is 126 Å². The van der Waals surface area contributed by atoms with Crippen molar-refractivity contribution in [2.45, 2.75) is 18.7 Å².